The highest BCUT2D eigenvalue weighted by Gasteiger charge is 2.34. The van der Waals surface area contributed by atoms with E-state index in [0.29, 0.717) is 34.3 Å². The molecule has 1 saturated heterocycles. The maximum Gasteiger partial charge on any atom is 0.247 e. The van der Waals surface area contributed by atoms with Gasteiger partial charge in [0.2, 0.25) is 5.91 Å². The standard InChI is InChI=1S/C21H21Cl2NO4S/c1-28-19-7-2-15(3-8-19)13-24(18-10-11-29(26,27)14-18)21(25)9-5-16-4-6-17(22)12-20(16)23/h2-9,12,18H,10-11,13-14H2,1H3/b9-5+/t18-/m1/s1. The molecule has 5 nitrogen and oxygen atoms in total. The predicted molar refractivity (Wildman–Crippen MR) is 116 cm³/mol. The summed E-state index contributed by atoms with van der Waals surface area (Å²) in [6, 6.07) is 12.0. The number of carbonyl (C=O) groups excluding carboxylic acids is 1. The van der Waals surface area contributed by atoms with E-state index in [-0.39, 0.29) is 23.5 Å². The number of benzene rings is 2. The Bertz CT molecular complexity index is 1020. The first-order valence-electron chi connectivity index (χ1n) is 9.04. The van der Waals surface area contributed by atoms with Gasteiger partial charge >= 0.3 is 0 Å². The minimum Gasteiger partial charge on any atom is -0.497 e. The first-order chi connectivity index (χ1) is 13.8. The molecule has 0 radical (unpaired) electrons. The van der Waals surface area contributed by atoms with Gasteiger partial charge in [-0.05, 0) is 47.9 Å². The largest absolute Gasteiger partial charge is 0.497 e. The van der Waals surface area contributed by atoms with E-state index in [4.69, 9.17) is 27.9 Å². The van der Waals surface area contributed by atoms with Gasteiger partial charge in [-0.15, -0.1) is 0 Å². The second-order valence-electron chi connectivity index (χ2n) is 6.87. The van der Waals surface area contributed by atoms with Gasteiger partial charge in [-0.3, -0.25) is 4.79 Å². The van der Waals surface area contributed by atoms with Crippen molar-refractivity contribution in [3.63, 3.8) is 0 Å². The van der Waals surface area contributed by atoms with Gasteiger partial charge in [0.25, 0.3) is 0 Å². The zero-order valence-corrected chi connectivity index (χ0v) is 18.2. The number of hydrogen-bond acceptors (Lipinski definition) is 4. The topological polar surface area (TPSA) is 63.7 Å². The Morgan fingerprint density at radius 2 is 1.93 bits per heavy atom. The van der Waals surface area contributed by atoms with Crippen LogP contribution in [0.25, 0.3) is 6.08 Å². The molecule has 1 heterocycles. The predicted octanol–water partition coefficient (Wildman–Crippen LogP) is 4.23. The van der Waals surface area contributed by atoms with Crippen molar-refractivity contribution < 1.29 is 17.9 Å². The summed E-state index contributed by atoms with van der Waals surface area (Å²) in [5.41, 5.74) is 1.55. The number of amides is 1. The molecule has 3 rings (SSSR count). The Hall–Kier alpha value is -2.02. The van der Waals surface area contributed by atoms with Crippen molar-refractivity contribution in [3.05, 3.63) is 69.7 Å². The highest BCUT2D eigenvalue weighted by Crippen LogP contribution is 2.24. The maximum atomic E-state index is 13.0. The molecule has 1 atom stereocenters. The molecule has 2 aromatic rings. The molecule has 8 heteroatoms. The second-order valence-corrected chi connectivity index (χ2v) is 9.94. The van der Waals surface area contributed by atoms with Crippen LogP contribution in [0.15, 0.2) is 48.5 Å². The molecule has 1 fully saturated rings. The van der Waals surface area contributed by atoms with Gasteiger partial charge in [0.05, 0.1) is 18.6 Å². The molecule has 2 aromatic carbocycles. The van der Waals surface area contributed by atoms with E-state index in [1.54, 1.807) is 36.3 Å². The fourth-order valence-corrected chi connectivity index (χ4v) is 5.43. The van der Waals surface area contributed by atoms with Crippen LogP contribution in [0, 0.1) is 0 Å². The second kappa shape index (κ2) is 9.20. The number of sulfone groups is 1. The summed E-state index contributed by atoms with van der Waals surface area (Å²) in [4.78, 5) is 14.6. The van der Waals surface area contributed by atoms with Crippen LogP contribution in [0.5, 0.6) is 5.75 Å². The molecule has 0 aromatic heterocycles. The number of hydrogen-bond donors (Lipinski definition) is 0. The van der Waals surface area contributed by atoms with Crippen LogP contribution in [0.3, 0.4) is 0 Å². The fourth-order valence-electron chi connectivity index (χ4n) is 3.23. The Morgan fingerprint density at radius 1 is 1.21 bits per heavy atom. The van der Waals surface area contributed by atoms with Gasteiger partial charge in [-0.25, -0.2) is 8.42 Å². The summed E-state index contributed by atoms with van der Waals surface area (Å²) >= 11 is 12.1. The maximum absolute atomic E-state index is 13.0. The fraction of sp³-hybridized carbons (Fsp3) is 0.286. The third-order valence-corrected chi connectivity index (χ3v) is 7.12. The highest BCUT2D eigenvalue weighted by molar-refractivity contribution is 7.91. The van der Waals surface area contributed by atoms with Crippen LogP contribution >= 0.6 is 23.2 Å². The van der Waals surface area contributed by atoms with E-state index >= 15 is 0 Å². The van der Waals surface area contributed by atoms with Crippen molar-refractivity contribution >= 4 is 45.0 Å². The van der Waals surface area contributed by atoms with Crippen LogP contribution in [0.2, 0.25) is 10.0 Å². The van der Waals surface area contributed by atoms with Gasteiger partial charge in [-0.1, -0.05) is 41.4 Å². The van der Waals surface area contributed by atoms with Crippen molar-refractivity contribution in [2.24, 2.45) is 0 Å². The first kappa shape index (κ1) is 21.7. The summed E-state index contributed by atoms with van der Waals surface area (Å²) in [7, 11) is -1.55. The number of ether oxygens (including phenoxy) is 1. The zero-order valence-electron chi connectivity index (χ0n) is 15.8. The lowest BCUT2D eigenvalue weighted by Gasteiger charge is -2.27. The number of methoxy groups -OCH3 is 1. The van der Waals surface area contributed by atoms with E-state index in [1.807, 2.05) is 24.3 Å². The Morgan fingerprint density at radius 3 is 2.52 bits per heavy atom. The molecule has 29 heavy (non-hydrogen) atoms. The molecular weight excluding hydrogens is 433 g/mol. The molecule has 0 bridgehead atoms. The number of rotatable bonds is 6. The minimum absolute atomic E-state index is 0.0234. The van der Waals surface area contributed by atoms with Crippen LogP contribution in [-0.2, 0) is 21.2 Å². The van der Waals surface area contributed by atoms with Crippen molar-refractivity contribution in [2.45, 2.75) is 19.0 Å². The van der Waals surface area contributed by atoms with Gasteiger partial charge < -0.3 is 9.64 Å². The first-order valence-corrected chi connectivity index (χ1v) is 11.6. The summed E-state index contributed by atoms with van der Waals surface area (Å²) < 4.78 is 29.1. The summed E-state index contributed by atoms with van der Waals surface area (Å²) in [6.45, 7) is 0.307. The van der Waals surface area contributed by atoms with E-state index in [1.165, 1.54) is 6.08 Å². The minimum atomic E-state index is -3.13. The molecule has 154 valence electrons. The van der Waals surface area contributed by atoms with Crippen molar-refractivity contribution in [1.29, 1.82) is 0 Å². The lowest BCUT2D eigenvalue weighted by molar-refractivity contribution is -0.128. The third-order valence-electron chi connectivity index (χ3n) is 4.81. The van der Waals surface area contributed by atoms with Crippen molar-refractivity contribution in [3.8, 4) is 5.75 Å². The zero-order chi connectivity index (χ0) is 21.0. The quantitative estimate of drug-likeness (QED) is 0.613. The Balaban J connectivity index is 1.83. The van der Waals surface area contributed by atoms with Crippen molar-refractivity contribution in [1.82, 2.24) is 4.90 Å². The van der Waals surface area contributed by atoms with Crippen LogP contribution < -0.4 is 4.74 Å². The molecule has 1 aliphatic heterocycles. The number of carbonyl (C=O) groups is 1. The van der Waals surface area contributed by atoms with Gasteiger partial charge in [0.1, 0.15) is 5.75 Å². The van der Waals surface area contributed by atoms with Gasteiger partial charge in [0.15, 0.2) is 9.84 Å². The van der Waals surface area contributed by atoms with E-state index in [2.05, 4.69) is 0 Å². The van der Waals surface area contributed by atoms with Gasteiger partial charge in [0, 0.05) is 28.7 Å². The molecule has 1 amide bonds. The Labute approximate surface area is 180 Å². The van der Waals surface area contributed by atoms with E-state index in [9.17, 15) is 13.2 Å². The molecule has 0 unspecified atom stereocenters. The lowest BCUT2D eigenvalue weighted by Crippen LogP contribution is -2.39. The Kier molecular flexibility index (Phi) is 6.88. The highest BCUT2D eigenvalue weighted by atomic mass is 35.5. The number of halogens is 2. The molecule has 0 aliphatic carbocycles. The van der Waals surface area contributed by atoms with Gasteiger partial charge in [-0.2, -0.15) is 0 Å². The van der Waals surface area contributed by atoms with Crippen LogP contribution in [0.4, 0.5) is 0 Å². The summed E-state index contributed by atoms with van der Waals surface area (Å²) in [6.07, 6.45) is 3.47. The lowest BCUT2D eigenvalue weighted by atomic mass is 10.1. The van der Waals surface area contributed by atoms with Crippen molar-refractivity contribution in [2.75, 3.05) is 18.6 Å². The average molecular weight is 454 g/mol. The monoisotopic (exact) mass is 453 g/mol. The van der Waals surface area contributed by atoms with E-state index in [0.717, 1.165) is 5.56 Å². The number of nitrogens with zero attached hydrogens (tertiary/aromatic N) is 1. The molecule has 0 N–H and O–H groups in total. The van der Waals surface area contributed by atoms with Crippen LogP contribution in [0.1, 0.15) is 17.5 Å². The molecule has 1 aliphatic rings. The SMILES string of the molecule is COc1ccc(CN(C(=O)/C=C/c2ccc(Cl)cc2Cl)[C@@H]2CCS(=O)(=O)C2)cc1. The normalized spacial score (nSPS) is 18.1. The van der Waals surface area contributed by atoms with Crippen LogP contribution in [-0.4, -0.2) is 43.9 Å². The summed E-state index contributed by atoms with van der Waals surface area (Å²) in [5.74, 6) is 0.516. The average Bonchev–Trinajstić information content (AvgIpc) is 3.05. The molecule has 0 saturated carbocycles. The third kappa shape index (κ3) is 5.75. The smallest absolute Gasteiger partial charge is 0.247 e. The summed E-state index contributed by atoms with van der Waals surface area (Å²) in [5, 5.41) is 0.947. The van der Waals surface area contributed by atoms with E-state index < -0.39 is 9.84 Å². The molecular formula is C21H21Cl2NO4S. The molecule has 0 spiro atoms.